The molecule has 8 heteroatoms. The summed E-state index contributed by atoms with van der Waals surface area (Å²) in [6.07, 6.45) is 0.945. The van der Waals surface area contributed by atoms with Crippen LogP contribution < -0.4 is 10.6 Å². The summed E-state index contributed by atoms with van der Waals surface area (Å²) in [6.45, 7) is 6.32. The van der Waals surface area contributed by atoms with Crippen LogP contribution in [0.1, 0.15) is 36.2 Å². The fourth-order valence-corrected chi connectivity index (χ4v) is 3.07. The van der Waals surface area contributed by atoms with Gasteiger partial charge in [0.1, 0.15) is 11.6 Å². The first-order chi connectivity index (χ1) is 13.4. The molecular weight excluding hydrogens is 378 g/mol. The first kappa shape index (κ1) is 19.8. The number of aromatic nitrogens is 3. The van der Waals surface area contributed by atoms with Gasteiger partial charge in [0.2, 0.25) is 5.91 Å². The van der Waals surface area contributed by atoms with Crippen LogP contribution in [-0.2, 0) is 11.3 Å². The summed E-state index contributed by atoms with van der Waals surface area (Å²) in [6, 6.07) is 9.70. The number of hydrogen-bond donors (Lipinski definition) is 2. The van der Waals surface area contributed by atoms with E-state index in [0.717, 1.165) is 24.0 Å². The summed E-state index contributed by atoms with van der Waals surface area (Å²) in [5.41, 5.74) is 3.46. The van der Waals surface area contributed by atoms with Crippen LogP contribution in [0.4, 0.5) is 5.69 Å². The zero-order valence-electron chi connectivity index (χ0n) is 16.0. The smallest absolute Gasteiger partial charge is 0.251 e. The van der Waals surface area contributed by atoms with Gasteiger partial charge >= 0.3 is 0 Å². The van der Waals surface area contributed by atoms with Crippen molar-refractivity contribution in [2.75, 3.05) is 5.32 Å². The van der Waals surface area contributed by atoms with Crippen molar-refractivity contribution in [2.45, 2.75) is 39.8 Å². The molecule has 0 aliphatic heterocycles. The van der Waals surface area contributed by atoms with E-state index in [2.05, 4.69) is 27.9 Å². The van der Waals surface area contributed by atoms with Crippen LogP contribution in [0.2, 0.25) is 5.02 Å². The number of amides is 2. The Morgan fingerprint density at radius 1 is 1.21 bits per heavy atom. The van der Waals surface area contributed by atoms with Gasteiger partial charge in [0.15, 0.2) is 0 Å². The average molecular weight is 400 g/mol. The van der Waals surface area contributed by atoms with Gasteiger partial charge in [-0.15, -0.1) is 5.10 Å². The van der Waals surface area contributed by atoms with Gasteiger partial charge in [0.25, 0.3) is 5.91 Å². The molecule has 0 unspecified atom stereocenters. The molecule has 3 aromatic rings. The van der Waals surface area contributed by atoms with E-state index in [9.17, 15) is 9.59 Å². The topological polar surface area (TPSA) is 88.9 Å². The van der Waals surface area contributed by atoms with E-state index in [0.29, 0.717) is 21.8 Å². The van der Waals surface area contributed by atoms with Crippen molar-refractivity contribution in [3.63, 3.8) is 0 Å². The van der Waals surface area contributed by atoms with Gasteiger partial charge in [0, 0.05) is 22.8 Å². The fraction of sp³-hybridized carbons (Fsp3) is 0.300. The van der Waals surface area contributed by atoms with Crippen LogP contribution in [0.3, 0.4) is 0 Å². The zero-order valence-corrected chi connectivity index (χ0v) is 16.7. The largest absolute Gasteiger partial charge is 0.341 e. The maximum absolute atomic E-state index is 12.5. The van der Waals surface area contributed by atoms with Crippen molar-refractivity contribution >= 4 is 40.1 Å². The molecule has 0 aliphatic carbocycles. The first-order valence-corrected chi connectivity index (χ1v) is 9.48. The number of carbonyl (C=O) groups excluding carboxylic acids is 2. The average Bonchev–Trinajstić information content (AvgIpc) is 3.06. The Morgan fingerprint density at radius 3 is 2.71 bits per heavy atom. The quantitative estimate of drug-likeness (QED) is 0.663. The number of anilines is 1. The van der Waals surface area contributed by atoms with Crippen LogP contribution in [-0.4, -0.2) is 32.9 Å². The summed E-state index contributed by atoms with van der Waals surface area (Å²) in [4.78, 5) is 25.0. The number of aryl methyl sites for hydroxylation is 2. The molecule has 7 nitrogen and oxygen atoms in total. The monoisotopic (exact) mass is 399 g/mol. The lowest BCUT2D eigenvalue weighted by Gasteiger charge is -2.15. The molecule has 1 heterocycles. The molecule has 1 atom stereocenters. The maximum atomic E-state index is 12.5. The lowest BCUT2D eigenvalue weighted by Crippen LogP contribution is -2.41. The van der Waals surface area contributed by atoms with E-state index in [1.807, 2.05) is 17.7 Å². The normalized spacial score (nSPS) is 12.0. The van der Waals surface area contributed by atoms with Crippen molar-refractivity contribution in [1.29, 1.82) is 0 Å². The van der Waals surface area contributed by atoms with E-state index in [4.69, 9.17) is 11.6 Å². The van der Waals surface area contributed by atoms with E-state index >= 15 is 0 Å². The van der Waals surface area contributed by atoms with E-state index in [1.54, 1.807) is 37.3 Å². The number of nitrogens with zero attached hydrogens (tertiary/aromatic N) is 3. The van der Waals surface area contributed by atoms with Crippen molar-refractivity contribution in [1.82, 2.24) is 20.3 Å². The van der Waals surface area contributed by atoms with Gasteiger partial charge in [-0.3, -0.25) is 9.59 Å². The lowest BCUT2D eigenvalue weighted by atomic mass is 10.1. The minimum absolute atomic E-state index is 0.311. The number of carbonyl (C=O) groups is 2. The second kappa shape index (κ2) is 8.39. The predicted molar refractivity (Wildman–Crippen MR) is 110 cm³/mol. The van der Waals surface area contributed by atoms with Crippen molar-refractivity contribution in [3.8, 4) is 0 Å². The van der Waals surface area contributed by atoms with E-state index in [1.165, 1.54) is 0 Å². The lowest BCUT2D eigenvalue weighted by molar-refractivity contribution is -0.117. The Balaban J connectivity index is 1.67. The number of hydrogen-bond acceptors (Lipinski definition) is 4. The number of benzene rings is 2. The Morgan fingerprint density at radius 2 is 2.00 bits per heavy atom. The number of nitrogens with one attached hydrogen (secondary N) is 2. The molecule has 2 amide bonds. The van der Waals surface area contributed by atoms with Gasteiger partial charge in [-0.2, -0.15) is 0 Å². The first-order valence-electron chi connectivity index (χ1n) is 9.10. The molecule has 0 radical (unpaired) electrons. The zero-order chi connectivity index (χ0) is 20.3. The van der Waals surface area contributed by atoms with E-state index < -0.39 is 6.04 Å². The third kappa shape index (κ3) is 4.31. The second-order valence-electron chi connectivity index (χ2n) is 6.66. The Labute approximate surface area is 168 Å². The van der Waals surface area contributed by atoms with Crippen LogP contribution in [0.15, 0.2) is 36.4 Å². The molecule has 0 saturated carbocycles. The van der Waals surface area contributed by atoms with Gasteiger partial charge in [0.05, 0.1) is 5.52 Å². The Hall–Kier alpha value is -2.93. The molecule has 2 aromatic carbocycles. The minimum atomic E-state index is -0.714. The Bertz CT molecular complexity index is 1030. The van der Waals surface area contributed by atoms with Gasteiger partial charge in [-0.25, -0.2) is 4.68 Å². The Kier molecular flexibility index (Phi) is 5.94. The molecule has 146 valence electrons. The molecule has 0 saturated heterocycles. The molecule has 3 rings (SSSR count). The highest BCUT2D eigenvalue weighted by Gasteiger charge is 2.18. The number of halogens is 1. The molecule has 0 fully saturated rings. The van der Waals surface area contributed by atoms with Crippen molar-refractivity contribution < 1.29 is 9.59 Å². The highest BCUT2D eigenvalue weighted by atomic mass is 35.5. The summed E-state index contributed by atoms with van der Waals surface area (Å²) in [7, 11) is 0. The van der Waals surface area contributed by atoms with Crippen LogP contribution in [0.25, 0.3) is 11.0 Å². The summed E-state index contributed by atoms with van der Waals surface area (Å²) < 4.78 is 1.81. The SMILES string of the molecule is CCCn1nnc2cc(C(=O)N[C@H](C)C(=O)Nc3ccc(Cl)cc3C)ccc21. The highest BCUT2D eigenvalue weighted by molar-refractivity contribution is 6.30. The highest BCUT2D eigenvalue weighted by Crippen LogP contribution is 2.20. The van der Waals surface area contributed by atoms with Gasteiger partial charge < -0.3 is 10.6 Å². The summed E-state index contributed by atoms with van der Waals surface area (Å²) in [5, 5.41) is 14.3. The molecule has 28 heavy (non-hydrogen) atoms. The molecule has 1 aromatic heterocycles. The third-order valence-electron chi connectivity index (χ3n) is 4.40. The maximum Gasteiger partial charge on any atom is 0.251 e. The van der Waals surface area contributed by atoms with Crippen LogP contribution in [0, 0.1) is 6.92 Å². The van der Waals surface area contributed by atoms with Crippen LogP contribution in [0.5, 0.6) is 0 Å². The number of fused-ring (bicyclic) bond motifs is 1. The van der Waals surface area contributed by atoms with Crippen LogP contribution >= 0.6 is 11.6 Å². The van der Waals surface area contributed by atoms with Crippen molar-refractivity contribution in [2.24, 2.45) is 0 Å². The molecular formula is C20H22ClN5O2. The predicted octanol–water partition coefficient (Wildman–Crippen LogP) is 3.56. The molecule has 0 aliphatic rings. The summed E-state index contributed by atoms with van der Waals surface area (Å²) in [5.74, 6) is -0.656. The molecule has 2 N–H and O–H groups in total. The van der Waals surface area contributed by atoms with E-state index in [-0.39, 0.29) is 11.8 Å². The van der Waals surface area contributed by atoms with Gasteiger partial charge in [-0.05, 0) is 62.2 Å². The standard InChI is InChI=1S/C20H22ClN5O2/c1-4-9-26-18-8-5-14(11-17(18)24-25-26)20(28)22-13(3)19(27)23-16-7-6-15(21)10-12(16)2/h5-8,10-11,13H,4,9H2,1-3H3,(H,22,28)(H,23,27)/t13-/m1/s1. The summed E-state index contributed by atoms with van der Waals surface area (Å²) >= 11 is 5.93. The fourth-order valence-electron chi connectivity index (χ4n) is 2.84. The van der Waals surface area contributed by atoms with Gasteiger partial charge in [-0.1, -0.05) is 23.7 Å². The molecule has 0 spiro atoms. The second-order valence-corrected chi connectivity index (χ2v) is 7.10. The minimum Gasteiger partial charge on any atom is -0.341 e. The third-order valence-corrected chi connectivity index (χ3v) is 4.63. The van der Waals surface area contributed by atoms with Crippen molar-refractivity contribution in [3.05, 3.63) is 52.5 Å². The number of rotatable bonds is 6. The molecule has 0 bridgehead atoms.